The standard InChI is InChI=1S/C21H16ClN7O5S/c1-32-7-8-33-17-12(16-11(10-23)3-2-4-13(16)22)9-14(34-19(17)31)18(30)26-20-27-28-21(35-20)29-15(24)5-6-25-29/h2-6,9H,7-8,24H2,1H3,(H,26,27,30). The summed E-state index contributed by atoms with van der Waals surface area (Å²) in [6, 6.07) is 9.54. The molecule has 14 heteroatoms. The average Bonchev–Trinajstić information content (AvgIpc) is 3.48. The molecular weight excluding hydrogens is 498 g/mol. The van der Waals surface area contributed by atoms with E-state index < -0.39 is 11.5 Å². The number of benzene rings is 1. The van der Waals surface area contributed by atoms with Crippen LogP contribution >= 0.6 is 22.9 Å². The minimum Gasteiger partial charge on any atom is -0.484 e. The number of anilines is 2. The van der Waals surface area contributed by atoms with Crippen molar-refractivity contribution in [3.63, 3.8) is 0 Å². The molecule has 0 aliphatic carbocycles. The summed E-state index contributed by atoms with van der Waals surface area (Å²) in [5, 5.41) is 24.5. The zero-order chi connectivity index (χ0) is 24.9. The average molecular weight is 514 g/mol. The highest BCUT2D eigenvalue weighted by Gasteiger charge is 2.23. The van der Waals surface area contributed by atoms with E-state index in [4.69, 9.17) is 31.2 Å². The fourth-order valence-corrected chi connectivity index (χ4v) is 4.01. The molecule has 0 saturated heterocycles. The molecule has 3 aromatic heterocycles. The lowest BCUT2D eigenvalue weighted by atomic mass is 10.00. The highest BCUT2D eigenvalue weighted by molar-refractivity contribution is 7.17. The molecule has 0 unspecified atom stereocenters. The van der Waals surface area contributed by atoms with Gasteiger partial charge in [0.25, 0.3) is 5.91 Å². The Morgan fingerprint density at radius 3 is 2.89 bits per heavy atom. The van der Waals surface area contributed by atoms with Crippen LogP contribution in [0, 0.1) is 11.3 Å². The number of aromatic nitrogens is 4. The third-order valence-corrected chi connectivity index (χ3v) is 5.69. The van der Waals surface area contributed by atoms with Crippen LogP contribution in [0.2, 0.25) is 5.02 Å². The smallest absolute Gasteiger partial charge is 0.379 e. The topological polar surface area (TPSA) is 171 Å². The van der Waals surface area contributed by atoms with Crippen molar-refractivity contribution in [3.05, 3.63) is 63.3 Å². The Labute approximate surface area is 206 Å². The molecule has 1 aromatic carbocycles. The van der Waals surface area contributed by atoms with Crippen LogP contribution < -0.4 is 21.4 Å². The summed E-state index contributed by atoms with van der Waals surface area (Å²) < 4.78 is 17.1. The lowest BCUT2D eigenvalue weighted by Crippen LogP contribution is -2.18. The zero-order valence-electron chi connectivity index (χ0n) is 18.0. The molecule has 0 aliphatic heterocycles. The molecule has 0 atom stereocenters. The first-order valence-electron chi connectivity index (χ1n) is 9.86. The normalized spacial score (nSPS) is 10.7. The number of nitriles is 1. The lowest BCUT2D eigenvalue weighted by Gasteiger charge is -2.13. The fraction of sp³-hybridized carbons (Fsp3) is 0.143. The van der Waals surface area contributed by atoms with Crippen molar-refractivity contribution < 1.29 is 18.7 Å². The molecule has 4 aromatic rings. The van der Waals surface area contributed by atoms with E-state index in [1.807, 2.05) is 6.07 Å². The van der Waals surface area contributed by atoms with Gasteiger partial charge in [0.2, 0.25) is 16.0 Å². The van der Waals surface area contributed by atoms with Gasteiger partial charge in [0.05, 0.1) is 24.4 Å². The van der Waals surface area contributed by atoms with Gasteiger partial charge in [-0.2, -0.15) is 15.0 Å². The summed E-state index contributed by atoms with van der Waals surface area (Å²) in [7, 11) is 1.47. The van der Waals surface area contributed by atoms with E-state index in [1.54, 1.807) is 18.2 Å². The predicted molar refractivity (Wildman–Crippen MR) is 127 cm³/mol. The van der Waals surface area contributed by atoms with Gasteiger partial charge in [-0.1, -0.05) is 29.0 Å². The maximum absolute atomic E-state index is 12.9. The first-order chi connectivity index (χ1) is 16.9. The number of nitrogen functional groups attached to an aromatic ring is 1. The summed E-state index contributed by atoms with van der Waals surface area (Å²) >= 11 is 7.36. The van der Waals surface area contributed by atoms with Crippen molar-refractivity contribution in [2.24, 2.45) is 0 Å². The predicted octanol–water partition coefficient (Wildman–Crippen LogP) is 2.73. The number of carbonyl (C=O) groups excluding carboxylic acids is 1. The van der Waals surface area contributed by atoms with Crippen molar-refractivity contribution in [1.82, 2.24) is 20.0 Å². The first kappa shape index (κ1) is 23.9. The number of methoxy groups -OCH3 is 1. The van der Waals surface area contributed by atoms with E-state index in [9.17, 15) is 14.9 Å². The fourth-order valence-electron chi connectivity index (χ4n) is 3.02. The van der Waals surface area contributed by atoms with Gasteiger partial charge in [-0.15, -0.1) is 10.2 Å². The second-order valence-corrected chi connectivity index (χ2v) is 8.13. The molecule has 0 spiro atoms. The molecule has 4 rings (SSSR count). The number of halogens is 1. The molecule has 35 heavy (non-hydrogen) atoms. The van der Waals surface area contributed by atoms with Crippen LogP contribution in [0.5, 0.6) is 5.75 Å². The van der Waals surface area contributed by atoms with Crippen LogP contribution in [0.4, 0.5) is 10.9 Å². The Hall–Kier alpha value is -4.25. The molecule has 178 valence electrons. The number of hydrogen-bond donors (Lipinski definition) is 2. The van der Waals surface area contributed by atoms with Crippen LogP contribution in [-0.2, 0) is 4.74 Å². The van der Waals surface area contributed by atoms with Crippen LogP contribution in [0.3, 0.4) is 0 Å². The zero-order valence-corrected chi connectivity index (χ0v) is 19.6. The summed E-state index contributed by atoms with van der Waals surface area (Å²) in [6.45, 7) is 0.213. The number of nitrogens with one attached hydrogen (secondary N) is 1. The monoisotopic (exact) mass is 513 g/mol. The van der Waals surface area contributed by atoms with E-state index >= 15 is 0 Å². The Balaban J connectivity index is 1.72. The maximum Gasteiger partial charge on any atom is 0.379 e. The van der Waals surface area contributed by atoms with Gasteiger partial charge in [0.15, 0.2) is 5.76 Å². The lowest BCUT2D eigenvalue weighted by molar-refractivity contribution is 0.0990. The van der Waals surface area contributed by atoms with Crippen molar-refractivity contribution >= 4 is 39.8 Å². The molecule has 0 bridgehead atoms. The first-order valence-corrected chi connectivity index (χ1v) is 11.1. The Morgan fingerprint density at radius 1 is 1.34 bits per heavy atom. The summed E-state index contributed by atoms with van der Waals surface area (Å²) in [5.41, 5.74) is 5.39. The molecule has 3 heterocycles. The van der Waals surface area contributed by atoms with Gasteiger partial charge < -0.3 is 19.6 Å². The Kier molecular flexibility index (Phi) is 7.06. The van der Waals surface area contributed by atoms with Gasteiger partial charge in [0, 0.05) is 29.3 Å². The molecule has 0 fully saturated rings. The minimum absolute atomic E-state index is 0.0241. The van der Waals surface area contributed by atoms with Gasteiger partial charge in [-0.25, -0.2) is 4.79 Å². The van der Waals surface area contributed by atoms with Crippen LogP contribution in [0.1, 0.15) is 16.1 Å². The van der Waals surface area contributed by atoms with Crippen molar-refractivity contribution in [1.29, 1.82) is 5.26 Å². The number of rotatable bonds is 8. The van der Waals surface area contributed by atoms with E-state index in [0.717, 1.165) is 11.3 Å². The van der Waals surface area contributed by atoms with Crippen LogP contribution in [0.15, 0.2) is 45.7 Å². The second kappa shape index (κ2) is 10.3. The Morgan fingerprint density at radius 2 is 2.17 bits per heavy atom. The molecule has 0 saturated carbocycles. The summed E-state index contributed by atoms with van der Waals surface area (Å²) in [6.07, 6.45) is 1.49. The van der Waals surface area contributed by atoms with Gasteiger partial charge >= 0.3 is 5.63 Å². The second-order valence-electron chi connectivity index (χ2n) is 6.77. The third-order valence-electron chi connectivity index (χ3n) is 4.56. The minimum atomic E-state index is -0.935. The number of ether oxygens (including phenoxy) is 2. The molecule has 12 nitrogen and oxygen atoms in total. The molecule has 1 amide bonds. The Bertz CT molecular complexity index is 1490. The van der Waals surface area contributed by atoms with E-state index in [1.165, 1.54) is 30.1 Å². The number of nitrogens with zero attached hydrogens (tertiary/aromatic N) is 5. The van der Waals surface area contributed by atoms with Gasteiger partial charge in [-0.05, 0) is 18.2 Å². The maximum atomic E-state index is 12.9. The number of carbonyl (C=O) groups is 1. The van der Waals surface area contributed by atoms with Gasteiger partial charge in [0.1, 0.15) is 12.4 Å². The quantitative estimate of drug-likeness (QED) is 0.333. The number of hydrogen-bond acceptors (Lipinski definition) is 11. The van der Waals surface area contributed by atoms with E-state index in [2.05, 4.69) is 20.6 Å². The summed E-state index contributed by atoms with van der Waals surface area (Å²) in [5.74, 6) is -1.01. The highest BCUT2D eigenvalue weighted by Crippen LogP contribution is 2.36. The van der Waals surface area contributed by atoms with Crippen LogP contribution in [0.25, 0.3) is 16.3 Å². The van der Waals surface area contributed by atoms with Gasteiger partial charge in [-0.3, -0.25) is 10.1 Å². The number of amides is 1. The van der Waals surface area contributed by atoms with E-state index in [-0.39, 0.29) is 51.6 Å². The van der Waals surface area contributed by atoms with E-state index in [0.29, 0.717) is 10.9 Å². The third kappa shape index (κ3) is 4.99. The number of nitrogens with two attached hydrogens (primary N) is 1. The van der Waals surface area contributed by atoms with Crippen molar-refractivity contribution in [3.8, 4) is 28.1 Å². The largest absolute Gasteiger partial charge is 0.484 e. The molecule has 0 aliphatic rings. The van der Waals surface area contributed by atoms with Crippen LogP contribution in [-0.4, -0.2) is 46.2 Å². The highest BCUT2D eigenvalue weighted by atomic mass is 35.5. The van der Waals surface area contributed by atoms with Crippen molar-refractivity contribution in [2.45, 2.75) is 0 Å². The molecular formula is C21H16ClN7O5S. The van der Waals surface area contributed by atoms with Crippen molar-refractivity contribution in [2.75, 3.05) is 31.4 Å². The molecule has 0 radical (unpaired) electrons. The SMILES string of the molecule is COCCOc1c(-c2c(Cl)cccc2C#N)cc(C(=O)Nc2nnc(-n3nccc3N)s2)oc1=O. The molecule has 3 N–H and O–H groups in total. The summed E-state index contributed by atoms with van der Waals surface area (Å²) in [4.78, 5) is 25.7.